The lowest BCUT2D eigenvalue weighted by Gasteiger charge is -2.13. The summed E-state index contributed by atoms with van der Waals surface area (Å²) in [4.78, 5) is 24.4. The first-order valence-electron chi connectivity index (χ1n) is 5.28. The van der Waals surface area contributed by atoms with Crippen molar-refractivity contribution in [3.63, 3.8) is 0 Å². The molecule has 17 heavy (non-hydrogen) atoms. The molecule has 1 aromatic heterocycles. The van der Waals surface area contributed by atoms with Crippen LogP contribution in [0.15, 0.2) is 35.0 Å². The van der Waals surface area contributed by atoms with Crippen LogP contribution in [0.25, 0.3) is 0 Å². The maximum atomic E-state index is 11.4. The topological polar surface area (TPSA) is 84.3 Å². The highest BCUT2D eigenvalue weighted by atomic mass is 16.5. The number of ether oxygens (including phenoxy) is 1. The molecule has 0 bridgehead atoms. The minimum Gasteiger partial charge on any atom is -0.394 e. The Morgan fingerprint density at radius 2 is 2.18 bits per heavy atom. The molecule has 2 rings (SSSR count). The van der Waals surface area contributed by atoms with Crippen LogP contribution in [0.5, 0.6) is 0 Å². The number of rotatable bonds is 2. The first kappa shape index (κ1) is 13.4. The molecule has 6 nitrogen and oxygen atoms in total. The minimum atomic E-state index is -0.480. The van der Waals surface area contributed by atoms with Crippen LogP contribution in [0.4, 0.5) is 0 Å². The van der Waals surface area contributed by atoms with Gasteiger partial charge in [0.1, 0.15) is 6.23 Å². The molecule has 0 spiro atoms. The number of aromatic amines is 1. The van der Waals surface area contributed by atoms with E-state index in [9.17, 15) is 9.59 Å². The van der Waals surface area contributed by atoms with E-state index in [1.807, 2.05) is 0 Å². The fourth-order valence-electron chi connectivity index (χ4n) is 1.68. The maximum absolute atomic E-state index is 11.4. The summed E-state index contributed by atoms with van der Waals surface area (Å²) in [5, 5.41) is 8.87. The van der Waals surface area contributed by atoms with E-state index in [4.69, 9.17) is 9.84 Å². The van der Waals surface area contributed by atoms with Gasteiger partial charge in [0, 0.05) is 12.3 Å². The molecule has 0 saturated carbocycles. The van der Waals surface area contributed by atoms with E-state index in [2.05, 4.69) is 18.1 Å². The van der Waals surface area contributed by atoms with Gasteiger partial charge in [-0.2, -0.15) is 0 Å². The molecule has 0 radical (unpaired) electrons. The Kier molecular flexibility index (Phi) is 4.86. The molecule has 0 aliphatic carbocycles. The summed E-state index contributed by atoms with van der Waals surface area (Å²) in [7, 11) is 0. The van der Waals surface area contributed by atoms with Gasteiger partial charge in [0.15, 0.2) is 0 Å². The Hall–Kier alpha value is -1.66. The van der Waals surface area contributed by atoms with E-state index in [0.29, 0.717) is 12.8 Å². The molecular formula is C11H16N2O4. The van der Waals surface area contributed by atoms with Crippen LogP contribution in [-0.4, -0.2) is 27.4 Å². The molecule has 2 heterocycles. The van der Waals surface area contributed by atoms with Crippen molar-refractivity contribution in [2.75, 3.05) is 6.61 Å². The number of H-pyrrole nitrogens is 1. The monoisotopic (exact) mass is 240 g/mol. The lowest BCUT2D eigenvalue weighted by atomic mass is 10.2. The zero-order valence-corrected chi connectivity index (χ0v) is 9.46. The SMILES string of the molecule is C=C.O=c1ccn(C2CCC(CO)O2)c(=O)[nH]1. The number of aliphatic hydroxyl groups excluding tert-OH is 1. The van der Waals surface area contributed by atoms with Crippen LogP contribution < -0.4 is 11.2 Å². The Morgan fingerprint density at radius 1 is 1.47 bits per heavy atom. The number of hydrogen-bond donors (Lipinski definition) is 2. The van der Waals surface area contributed by atoms with E-state index >= 15 is 0 Å². The van der Waals surface area contributed by atoms with E-state index in [-0.39, 0.29) is 18.9 Å². The molecule has 0 amide bonds. The summed E-state index contributed by atoms with van der Waals surface area (Å²) >= 11 is 0. The summed E-state index contributed by atoms with van der Waals surface area (Å²) in [5.74, 6) is 0. The van der Waals surface area contributed by atoms with Crippen LogP contribution in [0, 0.1) is 0 Å². The van der Waals surface area contributed by atoms with Crippen LogP contribution in [-0.2, 0) is 4.74 Å². The molecule has 2 unspecified atom stereocenters. The molecule has 1 aliphatic rings. The molecule has 2 atom stereocenters. The molecule has 2 N–H and O–H groups in total. The normalized spacial score (nSPS) is 22.9. The molecule has 1 fully saturated rings. The summed E-state index contributed by atoms with van der Waals surface area (Å²) < 4.78 is 6.74. The molecule has 1 aliphatic heterocycles. The number of nitrogens with zero attached hydrogens (tertiary/aromatic N) is 1. The van der Waals surface area contributed by atoms with Gasteiger partial charge < -0.3 is 9.84 Å². The highest BCUT2D eigenvalue weighted by Gasteiger charge is 2.26. The van der Waals surface area contributed by atoms with Gasteiger partial charge in [0.25, 0.3) is 5.56 Å². The quantitative estimate of drug-likeness (QED) is 0.713. The average molecular weight is 240 g/mol. The summed E-state index contributed by atoms with van der Waals surface area (Å²) in [6.45, 7) is 5.95. The Bertz CT molecular complexity index is 465. The Balaban J connectivity index is 0.000000686. The maximum Gasteiger partial charge on any atom is 0.330 e. The van der Waals surface area contributed by atoms with Gasteiger partial charge in [0.05, 0.1) is 12.7 Å². The first-order chi connectivity index (χ1) is 8.20. The third kappa shape index (κ3) is 3.15. The lowest BCUT2D eigenvalue weighted by Crippen LogP contribution is -2.31. The zero-order chi connectivity index (χ0) is 12.8. The van der Waals surface area contributed by atoms with Gasteiger partial charge in [0.2, 0.25) is 0 Å². The van der Waals surface area contributed by atoms with Gasteiger partial charge in [-0.05, 0) is 12.8 Å². The number of aromatic nitrogens is 2. The number of aliphatic hydroxyl groups is 1. The highest BCUT2D eigenvalue weighted by Crippen LogP contribution is 2.26. The fraction of sp³-hybridized carbons (Fsp3) is 0.455. The Labute approximate surface area is 98.2 Å². The van der Waals surface area contributed by atoms with Crippen LogP contribution in [0.3, 0.4) is 0 Å². The highest BCUT2D eigenvalue weighted by molar-refractivity contribution is 4.85. The lowest BCUT2D eigenvalue weighted by molar-refractivity contribution is -0.0246. The van der Waals surface area contributed by atoms with Crippen molar-refractivity contribution >= 4 is 0 Å². The van der Waals surface area contributed by atoms with Crippen molar-refractivity contribution in [2.45, 2.75) is 25.2 Å². The average Bonchev–Trinajstić information content (AvgIpc) is 2.80. The van der Waals surface area contributed by atoms with Gasteiger partial charge >= 0.3 is 5.69 Å². The van der Waals surface area contributed by atoms with E-state index in [1.54, 1.807) is 0 Å². The number of nitrogens with one attached hydrogen (secondary N) is 1. The first-order valence-corrected chi connectivity index (χ1v) is 5.28. The second-order valence-corrected chi connectivity index (χ2v) is 3.49. The molecule has 1 aromatic rings. The molecule has 1 saturated heterocycles. The van der Waals surface area contributed by atoms with Crippen molar-refractivity contribution in [2.24, 2.45) is 0 Å². The van der Waals surface area contributed by atoms with Gasteiger partial charge in [-0.15, -0.1) is 13.2 Å². The van der Waals surface area contributed by atoms with Crippen LogP contribution >= 0.6 is 0 Å². The molecule has 94 valence electrons. The largest absolute Gasteiger partial charge is 0.394 e. The number of hydrogen-bond acceptors (Lipinski definition) is 4. The van der Waals surface area contributed by atoms with Crippen molar-refractivity contribution in [1.29, 1.82) is 0 Å². The molecule has 6 heteroatoms. The van der Waals surface area contributed by atoms with Crippen molar-refractivity contribution in [3.8, 4) is 0 Å². The second kappa shape index (κ2) is 6.17. The van der Waals surface area contributed by atoms with Crippen molar-refractivity contribution in [1.82, 2.24) is 9.55 Å². The summed E-state index contributed by atoms with van der Waals surface area (Å²) in [5.41, 5.74) is -0.904. The van der Waals surface area contributed by atoms with Crippen LogP contribution in [0.1, 0.15) is 19.1 Å². The minimum absolute atomic E-state index is 0.0470. The third-order valence-electron chi connectivity index (χ3n) is 2.45. The van der Waals surface area contributed by atoms with E-state index in [1.165, 1.54) is 16.8 Å². The summed E-state index contributed by atoms with van der Waals surface area (Å²) in [6, 6.07) is 1.27. The summed E-state index contributed by atoms with van der Waals surface area (Å²) in [6.07, 6.45) is 2.19. The predicted molar refractivity (Wildman–Crippen MR) is 62.8 cm³/mol. The van der Waals surface area contributed by atoms with Gasteiger partial charge in [-0.3, -0.25) is 14.3 Å². The predicted octanol–water partition coefficient (Wildman–Crippen LogP) is 0.00870. The van der Waals surface area contributed by atoms with E-state index < -0.39 is 11.2 Å². The fourth-order valence-corrected chi connectivity index (χ4v) is 1.68. The van der Waals surface area contributed by atoms with E-state index in [0.717, 1.165) is 0 Å². The third-order valence-corrected chi connectivity index (χ3v) is 2.45. The van der Waals surface area contributed by atoms with Gasteiger partial charge in [-0.25, -0.2) is 4.79 Å². The standard InChI is InChI=1S/C9H12N2O4.C2H4/c12-5-6-1-2-8(15-6)11-4-3-7(13)10-9(11)14;1-2/h3-4,6,8,12H,1-2,5H2,(H,10,13,14);1-2H2. The smallest absolute Gasteiger partial charge is 0.330 e. The zero-order valence-electron chi connectivity index (χ0n) is 9.46. The molecular weight excluding hydrogens is 224 g/mol. The molecule has 0 aromatic carbocycles. The van der Waals surface area contributed by atoms with Crippen LogP contribution in [0.2, 0.25) is 0 Å². The van der Waals surface area contributed by atoms with Crippen molar-refractivity contribution < 1.29 is 9.84 Å². The van der Waals surface area contributed by atoms with Gasteiger partial charge in [-0.1, -0.05) is 0 Å². The second-order valence-electron chi connectivity index (χ2n) is 3.49. The Morgan fingerprint density at radius 3 is 2.71 bits per heavy atom. The van der Waals surface area contributed by atoms with Crippen molar-refractivity contribution in [3.05, 3.63) is 46.3 Å².